The fourth-order valence-corrected chi connectivity index (χ4v) is 6.68. The van der Waals surface area contributed by atoms with Crippen LogP contribution >= 0.6 is 15.9 Å². The highest BCUT2D eigenvalue weighted by molar-refractivity contribution is 9.09. The third kappa shape index (κ3) is 7.53. The molecule has 2 aliphatic rings. The summed E-state index contributed by atoms with van der Waals surface area (Å²) in [5.74, 6) is 1.29. The first-order valence-electron chi connectivity index (χ1n) is 12.4. The fraction of sp³-hybridized carbons (Fsp3) is 0.920. The maximum atomic E-state index is 13.3. The molecular weight excluding hydrogens is 456 g/mol. The number of carbonyl (C=O) groups is 2. The van der Waals surface area contributed by atoms with Gasteiger partial charge >= 0.3 is 0 Å². The van der Waals surface area contributed by atoms with E-state index in [0.717, 1.165) is 51.9 Å². The van der Waals surface area contributed by atoms with Crippen molar-refractivity contribution in [1.29, 1.82) is 0 Å². The third-order valence-corrected chi connectivity index (χ3v) is 8.33. The molecule has 0 aromatic rings. The molecule has 2 fully saturated rings. The lowest BCUT2D eigenvalue weighted by Gasteiger charge is -2.47. The zero-order valence-electron chi connectivity index (χ0n) is 20.5. The first kappa shape index (κ1) is 26.8. The van der Waals surface area contributed by atoms with Gasteiger partial charge in [-0.2, -0.15) is 0 Å². The Morgan fingerprint density at radius 2 is 1.81 bits per heavy atom. The third-order valence-electron chi connectivity index (χ3n) is 7.58. The van der Waals surface area contributed by atoms with Crippen LogP contribution in [0.15, 0.2) is 0 Å². The van der Waals surface area contributed by atoms with Gasteiger partial charge in [0.15, 0.2) is 0 Å². The van der Waals surface area contributed by atoms with E-state index >= 15 is 0 Å². The summed E-state index contributed by atoms with van der Waals surface area (Å²) in [7, 11) is 0. The largest absolute Gasteiger partial charge is 0.381 e. The number of alkyl halides is 1. The first-order chi connectivity index (χ1) is 14.6. The monoisotopic (exact) mass is 500 g/mol. The normalized spacial score (nSPS) is 29.7. The quantitative estimate of drug-likeness (QED) is 0.442. The van der Waals surface area contributed by atoms with Gasteiger partial charge < -0.3 is 10.1 Å². The predicted molar refractivity (Wildman–Crippen MR) is 130 cm³/mol. The van der Waals surface area contributed by atoms with Crippen molar-refractivity contribution in [3.05, 3.63) is 0 Å². The average molecular weight is 502 g/mol. The van der Waals surface area contributed by atoms with Gasteiger partial charge in [-0.25, -0.2) is 0 Å². The van der Waals surface area contributed by atoms with Gasteiger partial charge in [0.05, 0.1) is 0 Å². The molecule has 6 heteroatoms. The van der Waals surface area contributed by atoms with Gasteiger partial charge in [-0.3, -0.25) is 14.5 Å². The molecule has 1 amide bonds. The molecule has 1 aliphatic heterocycles. The number of Topliss-reactive ketones (excluding diaryl/α,β-unsaturated/α-hetero) is 1. The van der Waals surface area contributed by atoms with Crippen molar-refractivity contribution in [3.8, 4) is 0 Å². The second-order valence-electron chi connectivity index (χ2n) is 10.3. The molecule has 5 nitrogen and oxygen atoms in total. The Hall–Kier alpha value is -0.460. The molecule has 180 valence electrons. The summed E-state index contributed by atoms with van der Waals surface area (Å²) in [6.07, 6.45) is 5.10. The van der Waals surface area contributed by atoms with E-state index in [2.05, 4.69) is 60.8 Å². The standard InChI is InChI=1S/C25H45BrN2O3/c1-7-28(21-8-10-31-11-9-21)24-14-20(26)13-22(18(24)5)25(30)27-15-23(19(6)29)17(4)12-16(2)3/h16-18,20-24H,7-15H2,1-6H3,(H,27,30). The van der Waals surface area contributed by atoms with E-state index in [1.165, 1.54) is 0 Å². The molecule has 6 unspecified atom stereocenters. The summed E-state index contributed by atoms with van der Waals surface area (Å²) in [5.41, 5.74) is 0. The molecular formula is C25H45BrN2O3. The van der Waals surface area contributed by atoms with Crippen LogP contribution in [0.3, 0.4) is 0 Å². The van der Waals surface area contributed by atoms with E-state index in [0.29, 0.717) is 35.3 Å². The van der Waals surface area contributed by atoms with Gasteiger partial charge in [0.25, 0.3) is 0 Å². The van der Waals surface area contributed by atoms with Crippen LogP contribution in [0, 0.1) is 29.6 Å². The van der Waals surface area contributed by atoms with Crippen molar-refractivity contribution in [2.24, 2.45) is 29.6 Å². The Balaban J connectivity index is 2.04. The second kappa shape index (κ2) is 12.7. The molecule has 6 atom stereocenters. The lowest BCUT2D eigenvalue weighted by atomic mass is 9.75. The lowest BCUT2D eigenvalue weighted by Crippen LogP contribution is -2.55. The topological polar surface area (TPSA) is 58.6 Å². The summed E-state index contributed by atoms with van der Waals surface area (Å²) in [6, 6.07) is 0.942. The summed E-state index contributed by atoms with van der Waals surface area (Å²) in [5, 5.41) is 3.18. The maximum absolute atomic E-state index is 13.3. The van der Waals surface area contributed by atoms with E-state index in [1.807, 2.05) is 0 Å². The number of ether oxygens (including phenoxy) is 1. The molecule has 2 rings (SSSR count). The number of hydrogen-bond donors (Lipinski definition) is 1. The van der Waals surface area contributed by atoms with Crippen LogP contribution in [-0.2, 0) is 14.3 Å². The van der Waals surface area contributed by atoms with Crippen LogP contribution < -0.4 is 5.32 Å². The molecule has 1 heterocycles. The maximum Gasteiger partial charge on any atom is 0.223 e. The minimum absolute atomic E-state index is 0.0231. The summed E-state index contributed by atoms with van der Waals surface area (Å²) < 4.78 is 5.58. The highest BCUT2D eigenvalue weighted by atomic mass is 79.9. The average Bonchev–Trinajstić information content (AvgIpc) is 2.70. The SMILES string of the molecule is CCN(C1CCOCC1)C1CC(Br)CC(C(=O)NCC(C(C)=O)C(C)CC(C)C)C1C. The molecule has 1 saturated carbocycles. The number of amides is 1. The van der Waals surface area contributed by atoms with Gasteiger partial charge in [0.2, 0.25) is 5.91 Å². The molecule has 0 aromatic heterocycles. The zero-order chi connectivity index (χ0) is 23.1. The highest BCUT2D eigenvalue weighted by Crippen LogP contribution is 2.38. The fourth-order valence-electron chi connectivity index (χ4n) is 5.89. The summed E-state index contributed by atoms with van der Waals surface area (Å²) in [4.78, 5) is 28.5. The van der Waals surface area contributed by atoms with E-state index in [-0.39, 0.29) is 29.4 Å². The molecule has 1 saturated heterocycles. The van der Waals surface area contributed by atoms with Gasteiger partial charge in [-0.15, -0.1) is 0 Å². The van der Waals surface area contributed by atoms with Gasteiger partial charge in [0, 0.05) is 48.5 Å². The molecule has 0 bridgehead atoms. The van der Waals surface area contributed by atoms with Crippen LogP contribution in [0.25, 0.3) is 0 Å². The number of carbonyl (C=O) groups excluding carboxylic acids is 2. The smallest absolute Gasteiger partial charge is 0.223 e. The van der Waals surface area contributed by atoms with Crippen molar-refractivity contribution < 1.29 is 14.3 Å². The van der Waals surface area contributed by atoms with E-state index in [9.17, 15) is 9.59 Å². The highest BCUT2D eigenvalue weighted by Gasteiger charge is 2.42. The van der Waals surface area contributed by atoms with Crippen molar-refractivity contribution >= 4 is 27.6 Å². The number of ketones is 1. The van der Waals surface area contributed by atoms with Crippen molar-refractivity contribution in [2.75, 3.05) is 26.3 Å². The molecule has 0 radical (unpaired) electrons. The Kier molecular flexibility index (Phi) is 11.0. The lowest BCUT2D eigenvalue weighted by molar-refractivity contribution is -0.130. The minimum atomic E-state index is -0.102. The van der Waals surface area contributed by atoms with Gasteiger partial charge in [-0.1, -0.05) is 50.5 Å². The van der Waals surface area contributed by atoms with E-state index < -0.39 is 0 Å². The van der Waals surface area contributed by atoms with Crippen molar-refractivity contribution in [1.82, 2.24) is 10.2 Å². The van der Waals surface area contributed by atoms with Crippen molar-refractivity contribution in [2.45, 2.75) is 90.6 Å². The Morgan fingerprint density at radius 3 is 2.35 bits per heavy atom. The minimum Gasteiger partial charge on any atom is -0.381 e. The predicted octanol–water partition coefficient (Wildman–Crippen LogP) is 4.67. The number of halogens is 1. The molecule has 0 aromatic carbocycles. The Morgan fingerprint density at radius 1 is 1.16 bits per heavy atom. The molecule has 1 N–H and O–H groups in total. The molecule has 1 aliphatic carbocycles. The van der Waals surface area contributed by atoms with Gasteiger partial charge in [-0.05, 0) is 63.3 Å². The van der Waals surface area contributed by atoms with E-state index in [4.69, 9.17) is 4.74 Å². The van der Waals surface area contributed by atoms with Crippen LogP contribution in [-0.4, -0.2) is 59.8 Å². The Bertz CT molecular complexity index is 579. The van der Waals surface area contributed by atoms with Crippen LogP contribution in [0.4, 0.5) is 0 Å². The number of rotatable bonds is 10. The van der Waals surface area contributed by atoms with Crippen LogP contribution in [0.5, 0.6) is 0 Å². The number of nitrogens with one attached hydrogen (secondary N) is 1. The molecule has 0 spiro atoms. The summed E-state index contributed by atoms with van der Waals surface area (Å²) in [6.45, 7) is 15.8. The van der Waals surface area contributed by atoms with Crippen molar-refractivity contribution in [3.63, 3.8) is 0 Å². The Labute approximate surface area is 198 Å². The number of nitrogens with zero attached hydrogens (tertiary/aromatic N) is 1. The van der Waals surface area contributed by atoms with E-state index in [1.54, 1.807) is 6.92 Å². The first-order valence-corrected chi connectivity index (χ1v) is 13.3. The van der Waals surface area contributed by atoms with Crippen LogP contribution in [0.2, 0.25) is 0 Å². The number of hydrogen-bond acceptors (Lipinski definition) is 4. The van der Waals surface area contributed by atoms with Gasteiger partial charge in [0.1, 0.15) is 5.78 Å². The molecule has 31 heavy (non-hydrogen) atoms. The van der Waals surface area contributed by atoms with Crippen LogP contribution in [0.1, 0.15) is 73.6 Å². The zero-order valence-corrected chi connectivity index (χ0v) is 22.1. The summed E-state index contributed by atoms with van der Waals surface area (Å²) >= 11 is 3.85. The second-order valence-corrected chi connectivity index (χ2v) is 11.6.